The van der Waals surface area contributed by atoms with E-state index in [1.54, 1.807) is 0 Å². The van der Waals surface area contributed by atoms with Gasteiger partial charge in [0, 0.05) is 42.6 Å². The van der Waals surface area contributed by atoms with E-state index < -0.39 is 0 Å². The molecule has 18 heavy (non-hydrogen) atoms. The summed E-state index contributed by atoms with van der Waals surface area (Å²) in [5.74, 6) is 0.0333. The molecule has 2 heterocycles. The van der Waals surface area contributed by atoms with Crippen molar-refractivity contribution in [3.63, 3.8) is 0 Å². The van der Waals surface area contributed by atoms with E-state index in [0.717, 1.165) is 55.0 Å². The second kappa shape index (κ2) is 7.23. The van der Waals surface area contributed by atoms with Crippen molar-refractivity contribution in [2.45, 2.75) is 6.42 Å². The summed E-state index contributed by atoms with van der Waals surface area (Å²) in [5, 5.41) is 8.22. The molecule has 1 aromatic rings. The van der Waals surface area contributed by atoms with Crippen LogP contribution in [0.2, 0.25) is 0 Å². The molecule has 0 atom stereocenters. The first-order valence-electron chi connectivity index (χ1n) is 6.21. The normalized spacial score (nSPS) is 16.7. The molecule has 0 aliphatic carbocycles. The van der Waals surface area contributed by atoms with Crippen molar-refractivity contribution in [2.75, 3.05) is 39.3 Å². The minimum atomic E-state index is 0.0333. The van der Waals surface area contributed by atoms with Gasteiger partial charge in [-0.2, -0.15) is 0 Å². The minimum absolute atomic E-state index is 0.0333. The molecule has 0 saturated carbocycles. The number of thiophene rings is 1. The van der Waals surface area contributed by atoms with Gasteiger partial charge in [0.15, 0.2) is 0 Å². The van der Waals surface area contributed by atoms with E-state index >= 15 is 0 Å². The summed E-state index contributed by atoms with van der Waals surface area (Å²) in [6.45, 7) is 6.21. The van der Waals surface area contributed by atoms with Crippen LogP contribution in [-0.2, 0) is 0 Å². The number of hydrogen-bond donors (Lipinski definition) is 2. The van der Waals surface area contributed by atoms with Gasteiger partial charge in [-0.3, -0.25) is 4.79 Å². The van der Waals surface area contributed by atoms with Crippen molar-refractivity contribution < 1.29 is 4.79 Å². The number of carbonyl (C=O) groups excluding carboxylic acids is 1. The Morgan fingerprint density at radius 3 is 2.94 bits per heavy atom. The highest BCUT2D eigenvalue weighted by molar-refractivity contribution is 9.10. The summed E-state index contributed by atoms with van der Waals surface area (Å²) in [5.41, 5.74) is 0. The van der Waals surface area contributed by atoms with Crippen LogP contribution < -0.4 is 10.6 Å². The first-order valence-corrected chi connectivity index (χ1v) is 7.88. The number of rotatable bonds is 5. The minimum Gasteiger partial charge on any atom is -0.351 e. The van der Waals surface area contributed by atoms with Crippen LogP contribution in [0.15, 0.2) is 15.9 Å². The number of piperazine rings is 1. The molecule has 1 saturated heterocycles. The van der Waals surface area contributed by atoms with E-state index in [-0.39, 0.29) is 5.91 Å². The molecule has 2 rings (SSSR count). The fourth-order valence-electron chi connectivity index (χ4n) is 1.96. The van der Waals surface area contributed by atoms with Crippen molar-refractivity contribution in [3.8, 4) is 0 Å². The molecule has 1 fully saturated rings. The number of halogens is 1. The van der Waals surface area contributed by atoms with Crippen LogP contribution in [0.3, 0.4) is 0 Å². The lowest BCUT2D eigenvalue weighted by Gasteiger charge is -2.27. The van der Waals surface area contributed by atoms with Crippen molar-refractivity contribution >= 4 is 33.2 Å². The summed E-state index contributed by atoms with van der Waals surface area (Å²) >= 11 is 4.82. The van der Waals surface area contributed by atoms with Gasteiger partial charge in [-0.15, -0.1) is 11.3 Å². The Hall–Kier alpha value is -0.430. The van der Waals surface area contributed by atoms with Crippen molar-refractivity contribution in [1.82, 2.24) is 15.5 Å². The molecule has 0 bridgehead atoms. The number of nitrogens with zero attached hydrogens (tertiary/aromatic N) is 1. The first-order chi connectivity index (χ1) is 8.75. The summed E-state index contributed by atoms with van der Waals surface area (Å²) in [6.07, 6.45) is 1.01. The van der Waals surface area contributed by atoms with Crippen LogP contribution in [-0.4, -0.2) is 50.1 Å². The van der Waals surface area contributed by atoms with Crippen LogP contribution in [0.5, 0.6) is 0 Å². The Balaban J connectivity index is 1.61. The molecule has 1 amide bonds. The van der Waals surface area contributed by atoms with Crippen LogP contribution in [0.25, 0.3) is 0 Å². The molecule has 4 nitrogen and oxygen atoms in total. The molecule has 6 heteroatoms. The molecule has 0 aromatic carbocycles. The largest absolute Gasteiger partial charge is 0.351 e. The zero-order chi connectivity index (χ0) is 12.8. The van der Waals surface area contributed by atoms with Crippen molar-refractivity contribution in [1.29, 1.82) is 0 Å². The molecule has 100 valence electrons. The maximum Gasteiger partial charge on any atom is 0.261 e. The van der Waals surface area contributed by atoms with Gasteiger partial charge < -0.3 is 15.5 Å². The topological polar surface area (TPSA) is 44.4 Å². The number of hydrogen-bond acceptors (Lipinski definition) is 4. The highest BCUT2D eigenvalue weighted by Gasteiger charge is 2.10. The maximum absolute atomic E-state index is 11.8. The third-order valence-corrected chi connectivity index (χ3v) is 4.63. The summed E-state index contributed by atoms with van der Waals surface area (Å²) in [4.78, 5) is 15.0. The Labute approximate surface area is 120 Å². The Bertz CT molecular complexity index is 390. The SMILES string of the molecule is O=C(NCCCN1CCNCC1)c1cc(Br)cs1. The Morgan fingerprint density at radius 1 is 1.50 bits per heavy atom. The van der Waals surface area contributed by atoms with Gasteiger partial charge in [-0.1, -0.05) is 0 Å². The quantitative estimate of drug-likeness (QED) is 0.804. The fraction of sp³-hybridized carbons (Fsp3) is 0.583. The number of amides is 1. The highest BCUT2D eigenvalue weighted by atomic mass is 79.9. The van der Waals surface area contributed by atoms with E-state index in [2.05, 4.69) is 31.5 Å². The van der Waals surface area contributed by atoms with Gasteiger partial charge in [0.05, 0.1) is 4.88 Å². The predicted octanol–water partition coefficient (Wildman–Crippen LogP) is 1.54. The summed E-state index contributed by atoms with van der Waals surface area (Å²) in [7, 11) is 0. The van der Waals surface area contributed by atoms with Gasteiger partial charge in [-0.05, 0) is 35.0 Å². The predicted molar refractivity (Wildman–Crippen MR) is 78.3 cm³/mol. The molecule has 1 aromatic heterocycles. The molecule has 1 aliphatic heterocycles. The number of nitrogens with one attached hydrogen (secondary N) is 2. The van der Waals surface area contributed by atoms with Gasteiger partial charge in [-0.25, -0.2) is 0 Å². The van der Waals surface area contributed by atoms with Crippen LogP contribution in [0.1, 0.15) is 16.1 Å². The van der Waals surface area contributed by atoms with Crippen molar-refractivity contribution in [2.24, 2.45) is 0 Å². The van der Waals surface area contributed by atoms with Gasteiger partial charge in [0.25, 0.3) is 5.91 Å². The lowest BCUT2D eigenvalue weighted by atomic mass is 10.3. The van der Waals surface area contributed by atoms with Crippen LogP contribution in [0.4, 0.5) is 0 Å². The van der Waals surface area contributed by atoms with E-state index in [1.807, 2.05) is 11.4 Å². The maximum atomic E-state index is 11.8. The molecule has 1 aliphatic rings. The van der Waals surface area contributed by atoms with Gasteiger partial charge >= 0.3 is 0 Å². The van der Waals surface area contributed by atoms with E-state index in [9.17, 15) is 4.79 Å². The number of carbonyl (C=O) groups is 1. The molecular weight excluding hydrogens is 314 g/mol. The van der Waals surface area contributed by atoms with E-state index in [0.29, 0.717) is 0 Å². The van der Waals surface area contributed by atoms with Crippen molar-refractivity contribution in [3.05, 3.63) is 20.8 Å². The van der Waals surface area contributed by atoms with E-state index in [1.165, 1.54) is 11.3 Å². The second-order valence-electron chi connectivity index (χ2n) is 4.33. The average molecular weight is 332 g/mol. The monoisotopic (exact) mass is 331 g/mol. The third-order valence-electron chi connectivity index (χ3n) is 2.94. The zero-order valence-electron chi connectivity index (χ0n) is 10.2. The third kappa shape index (κ3) is 4.35. The lowest BCUT2D eigenvalue weighted by molar-refractivity contribution is 0.0955. The first kappa shape index (κ1) is 14.0. The zero-order valence-corrected chi connectivity index (χ0v) is 12.6. The molecule has 0 spiro atoms. The van der Waals surface area contributed by atoms with Crippen LogP contribution >= 0.6 is 27.3 Å². The van der Waals surface area contributed by atoms with Crippen LogP contribution in [0, 0.1) is 0 Å². The fourth-order valence-corrected chi connectivity index (χ4v) is 3.30. The highest BCUT2D eigenvalue weighted by Crippen LogP contribution is 2.19. The van der Waals surface area contributed by atoms with E-state index in [4.69, 9.17) is 0 Å². The summed E-state index contributed by atoms with van der Waals surface area (Å²) < 4.78 is 0.971. The molecule has 2 N–H and O–H groups in total. The average Bonchev–Trinajstić information content (AvgIpc) is 2.82. The Morgan fingerprint density at radius 2 is 2.28 bits per heavy atom. The smallest absolute Gasteiger partial charge is 0.261 e. The molecule has 0 radical (unpaired) electrons. The second-order valence-corrected chi connectivity index (χ2v) is 6.16. The standard InChI is InChI=1S/C12H18BrN3OS/c13-10-8-11(18-9-10)12(17)15-2-1-5-16-6-3-14-4-7-16/h8-9,14H,1-7H2,(H,15,17). The Kier molecular flexibility index (Phi) is 5.62. The van der Waals surface area contributed by atoms with Gasteiger partial charge in [0.2, 0.25) is 0 Å². The lowest BCUT2D eigenvalue weighted by Crippen LogP contribution is -2.44. The summed E-state index contributed by atoms with van der Waals surface area (Å²) in [6, 6.07) is 1.86. The molecular formula is C12H18BrN3OS. The molecule has 0 unspecified atom stereocenters. The van der Waals surface area contributed by atoms with Gasteiger partial charge in [0.1, 0.15) is 0 Å².